The van der Waals surface area contributed by atoms with Gasteiger partial charge in [0.05, 0.1) is 12.0 Å². The number of aliphatic hydroxyl groups is 1. The molecule has 2 atom stereocenters. The molecule has 0 fully saturated rings. The van der Waals surface area contributed by atoms with Gasteiger partial charge in [-0.25, -0.2) is 0 Å². The van der Waals surface area contributed by atoms with Gasteiger partial charge >= 0.3 is 0 Å². The number of nitrogens with zero attached hydrogens (tertiary/aromatic N) is 1. The molecule has 0 saturated carbocycles. The topological polar surface area (TPSA) is 128 Å². The fourth-order valence-electron chi connectivity index (χ4n) is 4.86. The molecule has 3 aromatic rings. The Morgan fingerprint density at radius 2 is 1.86 bits per heavy atom. The number of Topliss-reactive ketones (excluding diaryl/α,β-unsaturated/α-hetero) is 1. The zero-order valence-corrected chi connectivity index (χ0v) is 19.2. The summed E-state index contributed by atoms with van der Waals surface area (Å²) >= 11 is 0. The summed E-state index contributed by atoms with van der Waals surface area (Å²) in [6, 6.07) is 15.3. The van der Waals surface area contributed by atoms with E-state index in [1.165, 1.54) is 37.4 Å². The van der Waals surface area contributed by atoms with Gasteiger partial charge in [-0.1, -0.05) is 44.2 Å². The van der Waals surface area contributed by atoms with Crippen LogP contribution in [0.25, 0.3) is 0 Å². The average molecular weight is 474 g/mol. The van der Waals surface area contributed by atoms with E-state index >= 15 is 0 Å². The number of ether oxygens (including phenoxy) is 2. The summed E-state index contributed by atoms with van der Waals surface area (Å²) < 4.78 is 11.2. The number of ketones is 1. The molecule has 178 valence electrons. The molecule has 35 heavy (non-hydrogen) atoms. The van der Waals surface area contributed by atoms with Crippen molar-refractivity contribution in [3.8, 4) is 11.5 Å². The minimum atomic E-state index is -2.39. The van der Waals surface area contributed by atoms with E-state index in [9.17, 15) is 24.8 Å². The normalized spacial score (nSPS) is 21.7. The molecule has 1 aliphatic heterocycles. The van der Waals surface area contributed by atoms with E-state index in [-0.39, 0.29) is 33.9 Å². The Labute approximate surface area is 200 Å². The maximum Gasteiger partial charge on any atom is 0.280 e. The first-order valence-electron chi connectivity index (χ1n) is 11.0. The molecule has 1 aliphatic carbocycles. The number of carbonyl (C=O) groups is 2. The number of amides is 1. The molecule has 0 spiro atoms. The Balaban J connectivity index is 1.74. The van der Waals surface area contributed by atoms with Gasteiger partial charge in [0.15, 0.2) is 0 Å². The average Bonchev–Trinajstić information content (AvgIpc) is 3.20. The van der Waals surface area contributed by atoms with Crippen molar-refractivity contribution in [2.24, 2.45) is 0 Å². The largest absolute Gasteiger partial charge is 0.497 e. The SMILES string of the molecule is COc1cccc(C(=O)NC23C(=O)c4c([N+](=O)[O-])cccc4C2(O)Oc2cc(C(C)C)ccc23)c1. The van der Waals surface area contributed by atoms with Gasteiger partial charge in [-0.2, -0.15) is 0 Å². The lowest BCUT2D eigenvalue weighted by atomic mass is 9.82. The standard InChI is InChI=1S/C26H22N2O7/c1-14(2)15-10-11-18-21(13-15)35-26(31)19-8-5-9-20(28(32)33)22(19)23(29)25(18,26)27-24(30)16-6-4-7-17(12-16)34-3/h4-14,31H,1-3H3,(H,27,30). The van der Waals surface area contributed by atoms with Gasteiger partial charge in [0.25, 0.3) is 17.4 Å². The van der Waals surface area contributed by atoms with Crippen LogP contribution in [0, 0.1) is 10.1 Å². The number of nitrogens with one attached hydrogen (secondary N) is 1. The van der Waals surface area contributed by atoms with Crippen molar-refractivity contribution < 1.29 is 29.1 Å². The van der Waals surface area contributed by atoms with Crippen molar-refractivity contribution in [3.63, 3.8) is 0 Å². The lowest BCUT2D eigenvalue weighted by Crippen LogP contribution is -2.60. The van der Waals surface area contributed by atoms with Crippen LogP contribution in [0.15, 0.2) is 60.7 Å². The summed E-state index contributed by atoms with van der Waals surface area (Å²) in [5, 5.41) is 26.4. The number of hydrogen-bond acceptors (Lipinski definition) is 7. The highest BCUT2D eigenvalue weighted by atomic mass is 16.6. The molecule has 9 nitrogen and oxygen atoms in total. The Morgan fingerprint density at radius 1 is 1.11 bits per heavy atom. The molecule has 5 rings (SSSR count). The van der Waals surface area contributed by atoms with E-state index < -0.39 is 33.6 Å². The summed E-state index contributed by atoms with van der Waals surface area (Å²) in [4.78, 5) is 38.5. The number of rotatable bonds is 5. The van der Waals surface area contributed by atoms with Crippen LogP contribution in [0.1, 0.15) is 57.2 Å². The number of hydrogen-bond donors (Lipinski definition) is 2. The van der Waals surface area contributed by atoms with Gasteiger partial charge < -0.3 is 19.9 Å². The predicted molar refractivity (Wildman–Crippen MR) is 125 cm³/mol. The number of benzene rings is 3. The summed E-state index contributed by atoms with van der Waals surface area (Å²) in [6.07, 6.45) is 0. The van der Waals surface area contributed by atoms with Gasteiger partial charge in [-0.15, -0.1) is 0 Å². The van der Waals surface area contributed by atoms with E-state index in [0.29, 0.717) is 5.75 Å². The Morgan fingerprint density at radius 3 is 2.54 bits per heavy atom. The first-order chi connectivity index (χ1) is 16.6. The predicted octanol–water partition coefficient (Wildman–Crippen LogP) is 3.79. The van der Waals surface area contributed by atoms with Crippen molar-refractivity contribution >= 4 is 17.4 Å². The summed E-state index contributed by atoms with van der Waals surface area (Å²) in [6.45, 7) is 3.97. The Hall–Kier alpha value is -4.24. The van der Waals surface area contributed by atoms with Gasteiger partial charge in [-0.05, 0) is 35.7 Å². The number of fused-ring (bicyclic) bond motifs is 5. The van der Waals surface area contributed by atoms with E-state index in [2.05, 4.69) is 5.32 Å². The molecule has 1 heterocycles. The second kappa shape index (κ2) is 7.64. The first-order valence-corrected chi connectivity index (χ1v) is 11.0. The van der Waals surface area contributed by atoms with Crippen LogP contribution in [0.5, 0.6) is 11.5 Å². The highest BCUT2D eigenvalue weighted by Gasteiger charge is 2.73. The van der Waals surface area contributed by atoms with Gasteiger partial charge in [0.1, 0.15) is 17.1 Å². The monoisotopic (exact) mass is 474 g/mol. The number of methoxy groups -OCH3 is 1. The van der Waals surface area contributed by atoms with Crippen molar-refractivity contribution in [3.05, 3.63) is 98.6 Å². The minimum absolute atomic E-state index is 0.0788. The first kappa shape index (κ1) is 22.5. The second-order valence-corrected chi connectivity index (χ2v) is 8.88. The van der Waals surface area contributed by atoms with Crippen molar-refractivity contribution in [2.45, 2.75) is 31.1 Å². The zero-order chi connectivity index (χ0) is 25.1. The molecule has 1 amide bonds. The summed E-state index contributed by atoms with van der Waals surface area (Å²) in [5.41, 5.74) is -1.70. The maximum absolute atomic E-state index is 14.0. The third kappa shape index (κ3) is 2.98. The molecular formula is C26H22N2O7. The van der Waals surface area contributed by atoms with E-state index in [0.717, 1.165) is 5.56 Å². The Kier molecular flexibility index (Phi) is 4.92. The third-order valence-electron chi connectivity index (χ3n) is 6.65. The van der Waals surface area contributed by atoms with E-state index in [1.807, 2.05) is 13.8 Å². The number of carbonyl (C=O) groups excluding carboxylic acids is 2. The molecule has 0 aromatic heterocycles. The fourth-order valence-corrected chi connectivity index (χ4v) is 4.86. The zero-order valence-electron chi connectivity index (χ0n) is 19.2. The Bertz CT molecular complexity index is 1420. The van der Waals surface area contributed by atoms with E-state index in [4.69, 9.17) is 9.47 Å². The fraction of sp³-hybridized carbons (Fsp3) is 0.231. The molecule has 0 bridgehead atoms. The highest BCUT2D eigenvalue weighted by molar-refractivity contribution is 6.15. The second-order valence-electron chi connectivity index (χ2n) is 8.88. The third-order valence-corrected chi connectivity index (χ3v) is 6.65. The smallest absolute Gasteiger partial charge is 0.280 e. The minimum Gasteiger partial charge on any atom is -0.497 e. The molecule has 3 aromatic carbocycles. The number of nitro groups is 1. The molecule has 0 radical (unpaired) electrons. The van der Waals surface area contributed by atoms with Crippen LogP contribution in [0.2, 0.25) is 0 Å². The van der Waals surface area contributed by atoms with Gasteiger partial charge in [-0.3, -0.25) is 19.7 Å². The molecule has 0 saturated heterocycles. The molecule has 2 unspecified atom stereocenters. The van der Waals surface area contributed by atoms with Crippen LogP contribution >= 0.6 is 0 Å². The van der Waals surface area contributed by atoms with Crippen LogP contribution in [-0.4, -0.2) is 28.8 Å². The van der Waals surface area contributed by atoms with Crippen LogP contribution in [-0.2, 0) is 11.3 Å². The molecule has 9 heteroatoms. The summed E-state index contributed by atoms with van der Waals surface area (Å²) in [5.74, 6) is -3.13. The van der Waals surface area contributed by atoms with Crippen molar-refractivity contribution in [1.29, 1.82) is 0 Å². The van der Waals surface area contributed by atoms with Gasteiger partial charge in [0.2, 0.25) is 11.3 Å². The van der Waals surface area contributed by atoms with Crippen LogP contribution in [0.4, 0.5) is 5.69 Å². The molecule has 2 N–H and O–H groups in total. The summed E-state index contributed by atoms with van der Waals surface area (Å²) in [7, 11) is 1.46. The lowest BCUT2D eigenvalue weighted by molar-refractivity contribution is -0.385. The lowest BCUT2D eigenvalue weighted by Gasteiger charge is -2.34. The van der Waals surface area contributed by atoms with E-state index in [1.54, 1.807) is 30.3 Å². The number of nitro benzene ring substituents is 1. The van der Waals surface area contributed by atoms with Crippen LogP contribution < -0.4 is 14.8 Å². The van der Waals surface area contributed by atoms with Crippen LogP contribution in [0.3, 0.4) is 0 Å². The van der Waals surface area contributed by atoms with Crippen molar-refractivity contribution in [2.75, 3.05) is 7.11 Å². The van der Waals surface area contributed by atoms with Crippen molar-refractivity contribution in [1.82, 2.24) is 5.32 Å². The maximum atomic E-state index is 14.0. The molecular weight excluding hydrogens is 452 g/mol. The quantitative estimate of drug-likeness (QED) is 0.425. The highest BCUT2D eigenvalue weighted by Crippen LogP contribution is 2.59. The van der Waals surface area contributed by atoms with Gasteiger partial charge in [0, 0.05) is 22.8 Å². The molecule has 2 aliphatic rings.